The predicted molar refractivity (Wildman–Crippen MR) is 92.5 cm³/mol. The van der Waals surface area contributed by atoms with Gasteiger partial charge >= 0.3 is 0 Å². The number of benzene rings is 3. The average Bonchev–Trinajstić information content (AvgIpc) is 2.62. The molecule has 0 aliphatic heterocycles. The van der Waals surface area contributed by atoms with Gasteiger partial charge in [-0.2, -0.15) is 0 Å². The van der Waals surface area contributed by atoms with Gasteiger partial charge < -0.3 is 10.2 Å². The van der Waals surface area contributed by atoms with Crippen molar-refractivity contribution in [3.63, 3.8) is 0 Å². The van der Waals surface area contributed by atoms with Crippen LogP contribution in [0.4, 0.5) is 17.1 Å². The Morgan fingerprint density at radius 2 is 1.48 bits per heavy atom. The zero-order chi connectivity index (χ0) is 17.8. The first-order chi connectivity index (χ1) is 12.1. The molecule has 0 heterocycles. The fraction of sp³-hybridized carbons (Fsp3) is 0. The quantitative estimate of drug-likeness (QED) is 0.393. The summed E-state index contributed by atoms with van der Waals surface area (Å²) in [4.78, 5) is 10.9. The first-order valence-corrected chi connectivity index (χ1v) is 7.33. The summed E-state index contributed by atoms with van der Waals surface area (Å²) >= 11 is 0. The monoisotopic (exact) mass is 335 g/mol. The minimum atomic E-state index is -0.541. The van der Waals surface area contributed by atoms with Crippen molar-refractivity contribution in [3.8, 4) is 22.6 Å². The number of nitro benzene ring substituents is 1. The molecule has 0 spiro atoms. The highest BCUT2D eigenvalue weighted by Crippen LogP contribution is 2.44. The highest BCUT2D eigenvalue weighted by molar-refractivity contribution is 5.87. The van der Waals surface area contributed by atoms with Gasteiger partial charge in [-0.25, -0.2) is 0 Å². The predicted octanol–water partition coefficient (Wildman–Crippen LogP) is 5.09. The highest BCUT2D eigenvalue weighted by atomic mass is 16.6. The highest BCUT2D eigenvalue weighted by Gasteiger charge is 2.22. The molecule has 0 fully saturated rings. The van der Waals surface area contributed by atoms with Crippen LogP contribution in [-0.2, 0) is 0 Å². The molecular formula is C18H13N3O4. The number of aromatic hydroxyl groups is 2. The van der Waals surface area contributed by atoms with Gasteiger partial charge in [-0.3, -0.25) is 10.1 Å². The second-order valence-corrected chi connectivity index (χ2v) is 5.14. The summed E-state index contributed by atoms with van der Waals surface area (Å²) in [5.41, 5.74) is 0.632. The van der Waals surface area contributed by atoms with Crippen LogP contribution in [0.5, 0.6) is 11.5 Å². The van der Waals surface area contributed by atoms with Crippen molar-refractivity contribution in [2.45, 2.75) is 0 Å². The Morgan fingerprint density at radius 3 is 2.16 bits per heavy atom. The van der Waals surface area contributed by atoms with Crippen LogP contribution in [0.2, 0.25) is 0 Å². The number of phenolic OH excluding ortho intramolecular Hbond substituents is 2. The van der Waals surface area contributed by atoms with E-state index < -0.39 is 4.92 Å². The van der Waals surface area contributed by atoms with Crippen LogP contribution >= 0.6 is 0 Å². The van der Waals surface area contributed by atoms with Gasteiger partial charge in [-0.05, 0) is 23.8 Å². The van der Waals surface area contributed by atoms with E-state index in [4.69, 9.17) is 0 Å². The number of rotatable bonds is 4. The maximum absolute atomic E-state index is 11.4. The number of azo groups is 1. The van der Waals surface area contributed by atoms with Gasteiger partial charge in [0.1, 0.15) is 22.9 Å². The van der Waals surface area contributed by atoms with Crippen LogP contribution in [0.3, 0.4) is 0 Å². The van der Waals surface area contributed by atoms with Crippen LogP contribution in [0.15, 0.2) is 77.0 Å². The molecule has 0 saturated carbocycles. The van der Waals surface area contributed by atoms with E-state index in [9.17, 15) is 20.3 Å². The molecule has 0 radical (unpaired) electrons. The summed E-state index contributed by atoms with van der Waals surface area (Å²) in [6.45, 7) is 0. The fourth-order valence-electron chi connectivity index (χ4n) is 2.36. The maximum Gasteiger partial charge on any atom is 0.279 e. The molecule has 25 heavy (non-hydrogen) atoms. The van der Waals surface area contributed by atoms with E-state index in [1.54, 1.807) is 42.5 Å². The lowest BCUT2D eigenvalue weighted by Gasteiger charge is -2.08. The molecule has 0 aliphatic carbocycles. The van der Waals surface area contributed by atoms with Crippen molar-refractivity contribution in [1.82, 2.24) is 0 Å². The molecule has 0 amide bonds. The van der Waals surface area contributed by atoms with Gasteiger partial charge in [0.25, 0.3) is 5.69 Å². The lowest BCUT2D eigenvalue weighted by molar-refractivity contribution is -0.384. The number of nitrogens with zero attached hydrogens (tertiary/aromatic N) is 3. The minimum Gasteiger partial charge on any atom is -0.506 e. The number of hydrogen-bond acceptors (Lipinski definition) is 6. The Kier molecular flexibility index (Phi) is 4.38. The van der Waals surface area contributed by atoms with E-state index in [1.807, 2.05) is 0 Å². The largest absolute Gasteiger partial charge is 0.506 e. The molecule has 0 atom stereocenters. The Balaban J connectivity index is 2.20. The van der Waals surface area contributed by atoms with Crippen molar-refractivity contribution >= 4 is 17.1 Å². The Bertz CT molecular complexity index is 956. The summed E-state index contributed by atoms with van der Waals surface area (Å²) in [6.07, 6.45) is 0. The van der Waals surface area contributed by atoms with Gasteiger partial charge in [-0.1, -0.05) is 42.5 Å². The summed E-state index contributed by atoms with van der Waals surface area (Å²) in [5, 5.41) is 39.2. The van der Waals surface area contributed by atoms with Gasteiger partial charge in [-0.15, -0.1) is 10.2 Å². The summed E-state index contributed by atoms with van der Waals surface area (Å²) in [5.74, 6) is -0.332. The van der Waals surface area contributed by atoms with Crippen molar-refractivity contribution < 1.29 is 15.1 Å². The summed E-state index contributed by atoms with van der Waals surface area (Å²) in [7, 11) is 0. The van der Waals surface area contributed by atoms with Crippen molar-refractivity contribution in [3.05, 3.63) is 76.8 Å². The van der Waals surface area contributed by atoms with Crippen molar-refractivity contribution in [2.75, 3.05) is 0 Å². The molecule has 0 aromatic heterocycles. The molecule has 0 aliphatic rings. The number of nitro groups is 1. The molecule has 7 heteroatoms. The molecular weight excluding hydrogens is 322 g/mol. The van der Waals surface area contributed by atoms with Crippen LogP contribution < -0.4 is 0 Å². The number of para-hydroxylation sites is 1. The second-order valence-electron chi connectivity index (χ2n) is 5.14. The molecule has 3 rings (SSSR count). The number of hydrogen-bond donors (Lipinski definition) is 2. The van der Waals surface area contributed by atoms with Gasteiger partial charge in [0.05, 0.1) is 10.5 Å². The molecule has 0 unspecified atom stereocenters. The van der Waals surface area contributed by atoms with Gasteiger partial charge in [0.2, 0.25) is 0 Å². The molecule has 124 valence electrons. The SMILES string of the molecule is O=[N+]([O-])c1ccc(O)c(N=Nc2ccccc2O)c1-c1ccccc1. The zero-order valence-electron chi connectivity index (χ0n) is 12.9. The van der Waals surface area contributed by atoms with Crippen LogP contribution in [0.1, 0.15) is 0 Å². The standard InChI is InChI=1S/C18H13N3O4/c22-15-9-5-4-8-13(15)19-20-18-16(23)11-10-14(21(24)25)17(18)12-6-2-1-3-7-12/h1-11,22-23H. The third-order valence-electron chi connectivity index (χ3n) is 3.53. The number of phenols is 2. The molecule has 2 N–H and O–H groups in total. The van der Waals surface area contributed by atoms with E-state index in [1.165, 1.54) is 24.3 Å². The average molecular weight is 335 g/mol. The van der Waals surface area contributed by atoms with Crippen LogP contribution in [-0.4, -0.2) is 15.1 Å². The fourth-order valence-corrected chi connectivity index (χ4v) is 2.36. The van der Waals surface area contributed by atoms with E-state index in [-0.39, 0.29) is 34.1 Å². The third kappa shape index (κ3) is 3.30. The van der Waals surface area contributed by atoms with E-state index >= 15 is 0 Å². The molecule has 3 aromatic carbocycles. The maximum atomic E-state index is 11.4. The summed E-state index contributed by atoms with van der Waals surface area (Å²) < 4.78 is 0. The van der Waals surface area contributed by atoms with Gasteiger partial charge in [0.15, 0.2) is 0 Å². The van der Waals surface area contributed by atoms with Crippen molar-refractivity contribution in [1.29, 1.82) is 0 Å². The Hall–Kier alpha value is -3.74. The third-order valence-corrected chi connectivity index (χ3v) is 3.53. The lowest BCUT2D eigenvalue weighted by Crippen LogP contribution is -1.92. The van der Waals surface area contributed by atoms with Crippen LogP contribution in [0, 0.1) is 10.1 Å². The Labute approximate surface area is 142 Å². The van der Waals surface area contributed by atoms with Crippen LogP contribution in [0.25, 0.3) is 11.1 Å². The normalized spacial score (nSPS) is 10.9. The van der Waals surface area contributed by atoms with Crippen molar-refractivity contribution in [2.24, 2.45) is 10.2 Å². The Morgan fingerprint density at radius 1 is 0.800 bits per heavy atom. The summed E-state index contributed by atoms with van der Waals surface area (Å²) in [6, 6.07) is 17.3. The molecule has 0 saturated heterocycles. The first kappa shape index (κ1) is 16.1. The lowest BCUT2D eigenvalue weighted by atomic mass is 10.0. The van der Waals surface area contributed by atoms with Gasteiger partial charge in [0, 0.05) is 6.07 Å². The topological polar surface area (TPSA) is 108 Å². The second kappa shape index (κ2) is 6.79. The van der Waals surface area contributed by atoms with E-state index in [0.29, 0.717) is 5.56 Å². The smallest absolute Gasteiger partial charge is 0.279 e. The first-order valence-electron chi connectivity index (χ1n) is 7.33. The molecule has 3 aromatic rings. The zero-order valence-corrected chi connectivity index (χ0v) is 12.9. The van der Waals surface area contributed by atoms with E-state index in [2.05, 4.69) is 10.2 Å². The van der Waals surface area contributed by atoms with E-state index in [0.717, 1.165) is 0 Å². The minimum absolute atomic E-state index is 0.0383. The molecule has 7 nitrogen and oxygen atoms in total. The molecule has 0 bridgehead atoms.